The number of nitrogen functional groups attached to an aromatic ring is 1. The van der Waals surface area contributed by atoms with Crippen LogP contribution in [0.25, 0.3) is 11.3 Å². The van der Waals surface area contributed by atoms with Crippen molar-refractivity contribution in [3.05, 3.63) is 69.6 Å². The van der Waals surface area contributed by atoms with Gasteiger partial charge in [0.1, 0.15) is 11.9 Å². The van der Waals surface area contributed by atoms with E-state index in [2.05, 4.69) is 27.0 Å². The van der Waals surface area contributed by atoms with Crippen molar-refractivity contribution in [2.24, 2.45) is 0 Å². The summed E-state index contributed by atoms with van der Waals surface area (Å²) in [6, 6.07) is 10.8. The van der Waals surface area contributed by atoms with Crippen LogP contribution in [-0.4, -0.2) is 28.0 Å². The largest absolute Gasteiger partial charge is 0.467 e. The van der Waals surface area contributed by atoms with Gasteiger partial charge in [-0.2, -0.15) is 0 Å². The zero-order valence-electron chi connectivity index (χ0n) is 17.1. The molecule has 5 nitrogen and oxygen atoms in total. The van der Waals surface area contributed by atoms with Crippen molar-refractivity contribution in [2.45, 2.75) is 32.4 Å². The zero-order chi connectivity index (χ0) is 22.0. The maximum Gasteiger partial charge on any atom is 0.258 e. The molecule has 4 rings (SSSR count). The average molecular weight is 461 g/mol. The quantitative estimate of drug-likeness (QED) is 0.463. The smallest absolute Gasteiger partial charge is 0.258 e. The minimum atomic E-state index is -0.677. The first-order valence-electron chi connectivity index (χ1n) is 10.2. The van der Waals surface area contributed by atoms with Crippen LogP contribution in [0.5, 0.6) is 5.88 Å². The number of aromatic nitrogens is 2. The van der Waals surface area contributed by atoms with Gasteiger partial charge in [-0.05, 0) is 56.6 Å². The third-order valence-electron chi connectivity index (χ3n) is 5.37. The van der Waals surface area contributed by atoms with Crippen molar-refractivity contribution in [1.82, 2.24) is 14.9 Å². The number of halogens is 3. The van der Waals surface area contributed by atoms with Crippen LogP contribution in [0.15, 0.2) is 42.6 Å². The van der Waals surface area contributed by atoms with E-state index in [1.807, 2.05) is 12.1 Å². The van der Waals surface area contributed by atoms with Crippen molar-refractivity contribution >= 4 is 29.0 Å². The fraction of sp³-hybridized carbons (Fsp3) is 0.304. The van der Waals surface area contributed by atoms with Crippen LogP contribution in [0, 0.1) is 5.82 Å². The fourth-order valence-electron chi connectivity index (χ4n) is 3.78. The molecule has 1 aliphatic heterocycles. The van der Waals surface area contributed by atoms with Gasteiger partial charge in [0.25, 0.3) is 5.88 Å². The number of ether oxygens (including phenoxy) is 1. The molecule has 0 aliphatic carbocycles. The summed E-state index contributed by atoms with van der Waals surface area (Å²) < 4.78 is 19.8. The van der Waals surface area contributed by atoms with Crippen LogP contribution in [-0.2, 0) is 6.54 Å². The molecule has 0 saturated carbocycles. The predicted molar refractivity (Wildman–Crippen MR) is 122 cm³/mol. The van der Waals surface area contributed by atoms with E-state index in [0.29, 0.717) is 16.3 Å². The van der Waals surface area contributed by atoms with E-state index in [0.717, 1.165) is 25.2 Å². The molecule has 0 amide bonds. The first-order valence-corrected chi connectivity index (χ1v) is 10.9. The molecule has 2 N–H and O–H groups in total. The molecule has 2 heterocycles. The molecule has 1 fully saturated rings. The molecule has 3 aromatic rings. The molecule has 0 spiro atoms. The average Bonchev–Trinajstić information content (AvgIpc) is 3.26. The van der Waals surface area contributed by atoms with E-state index in [9.17, 15) is 4.39 Å². The summed E-state index contributed by atoms with van der Waals surface area (Å²) >= 11 is 12.3. The van der Waals surface area contributed by atoms with Gasteiger partial charge in [0.05, 0.1) is 16.9 Å². The molecular weight excluding hydrogens is 438 g/mol. The minimum Gasteiger partial charge on any atom is -0.467 e. The number of nitrogens with zero attached hydrogens (tertiary/aromatic N) is 3. The second-order valence-electron chi connectivity index (χ2n) is 7.65. The van der Waals surface area contributed by atoms with Crippen molar-refractivity contribution in [3.8, 4) is 17.1 Å². The normalized spacial score (nSPS) is 15.2. The lowest BCUT2D eigenvalue weighted by atomic mass is 10.1. The topological polar surface area (TPSA) is 64.3 Å². The van der Waals surface area contributed by atoms with Crippen LogP contribution in [0.1, 0.15) is 37.0 Å². The Labute approximate surface area is 191 Å². The van der Waals surface area contributed by atoms with Gasteiger partial charge in [-0.3, -0.25) is 4.90 Å². The number of anilines is 1. The Morgan fingerprint density at radius 1 is 1.19 bits per heavy atom. The van der Waals surface area contributed by atoms with E-state index >= 15 is 0 Å². The molecule has 2 aromatic carbocycles. The second kappa shape index (κ2) is 9.39. The van der Waals surface area contributed by atoms with Gasteiger partial charge in [-0.1, -0.05) is 41.4 Å². The maximum absolute atomic E-state index is 13.9. The summed E-state index contributed by atoms with van der Waals surface area (Å²) in [6.07, 6.45) is 3.44. The number of nitrogens with two attached hydrogens (primary N) is 1. The van der Waals surface area contributed by atoms with E-state index in [4.69, 9.17) is 33.7 Å². The molecule has 1 saturated heterocycles. The zero-order valence-corrected chi connectivity index (χ0v) is 18.6. The van der Waals surface area contributed by atoms with Gasteiger partial charge in [-0.25, -0.2) is 14.4 Å². The highest BCUT2D eigenvalue weighted by atomic mass is 35.5. The van der Waals surface area contributed by atoms with E-state index in [1.54, 1.807) is 13.1 Å². The van der Waals surface area contributed by atoms with Gasteiger partial charge in [-0.15, -0.1) is 0 Å². The molecule has 8 heteroatoms. The molecule has 162 valence electrons. The Hall–Kier alpha value is -2.41. The van der Waals surface area contributed by atoms with Gasteiger partial charge < -0.3 is 10.5 Å². The van der Waals surface area contributed by atoms with Crippen LogP contribution < -0.4 is 10.5 Å². The van der Waals surface area contributed by atoms with E-state index in [1.165, 1.54) is 30.5 Å². The molecule has 31 heavy (non-hydrogen) atoms. The van der Waals surface area contributed by atoms with Gasteiger partial charge >= 0.3 is 0 Å². The lowest BCUT2D eigenvalue weighted by molar-refractivity contribution is 0.218. The van der Waals surface area contributed by atoms with Crippen LogP contribution in [0.4, 0.5) is 10.2 Å². The van der Waals surface area contributed by atoms with Crippen LogP contribution >= 0.6 is 23.2 Å². The van der Waals surface area contributed by atoms with Crippen molar-refractivity contribution < 1.29 is 9.13 Å². The SMILES string of the molecule is CC(Oc1nc(-c2cccc(CN3CCCC3)c2)cnc1N)c1c(Cl)ccc(F)c1Cl. The van der Waals surface area contributed by atoms with Crippen LogP contribution in [0.2, 0.25) is 10.0 Å². The Balaban J connectivity index is 1.59. The molecule has 1 aromatic heterocycles. The fourth-order valence-corrected chi connectivity index (χ4v) is 4.45. The van der Waals surface area contributed by atoms with Gasteiger partial charge in [0, 0.05) is 22.7 Å². The summed E-state index contributed by atoms with van der Waals surface area (Å²) in [5, 5.41) is 0.216. The third kappa shape index (κ3) is 4.92. The van der Waals surface area contributed by atoms with Gasteiger partial charge in [0.2, 0.25) is 0 Å². The second-order valence-corrected chi connectivity index (χ2v) is 8.43. The first kappa shape index (κ1) is 21.8. The Bertz CT molecular complexity index is 1090. The molecular formula is C23H23Cl2FN4O. The van der Waals surface area contributed by atoms with E-state index in [-0.39, 0.29) is 16.7 Å². The Morgan fingerprint density at radius 2 is 1.97 bits per heavy atom. The molecule has 1 unspecified atom stereocenters. The number of rotatable bonds is 6. The molecule has 1 atom stereocenters. The Morgan fingerprint density at radius 3 is 2.74 bits per heavy atom. The monoisotopic (exact) mass is 460 g/mol. The van der Waals surface area contributed by atoms with E-state index < -0.39 is 11.9 Å². The molecule has 0 bridgehead atoms. The predicted octanol–water partition coefficient (Wildman–Crippen LogP) is 5.91. The number of benzene rings is 2. The standard InChI is InChI=1S/C23H23Cl2FN4O/c1-14(20-17(24)7-8-18(26)21(20)25)31-23-22(27)28-12-19(29-23)16-6-4-5-15(11-16)13-30-9-2-3-10-30/h4-8,11-12,14H,2-3,9-10,13H2,1H3,(H2,27,28). The minimum absolute atomic E-state index is 0.0858. The summed E-state index contributed by atoms with van der Waals surface area (Å²) in [7, 11) is 0. The summed E-state index contributed by atoms with van der Waals surface area (Å²) in [6.45, 7) is 4.88. The molecule has 1 aliphatic rings. The highest BCUT2D eigenvalue weighted by molar-refractivity contribution is 6.36. The van der Waals surface area contributed by atoms with Crippen molar-refractivity contribution in [2.75, 3.05) is 18.8 Å². The summed E-state index contributed by atoms with van der Waals surface area (Å²) in [4.78, 5) is 11.2. The molecule has 0 radical (unpaired) electrons. The summed E-state index contributed by atoms with van der Waals surface area (Å²) in [5.74, 6) is -0.294. The number of likely N-dealkylation sites (tertiary alicyclic amines) is 1. The van der Waals surface area contributed by atoms with Crippen molar-refractivity contribution in [1.29, 1.82) is 0 Å². The highest BCUT2D eigenvalue weighted by Gasteiger charge is 2.21. The summed E-state index contributed by atoms with van der Waals surface area (Å²) in [5.41, 5.74) is 9.10. The number of hydrogen-bond donors (Lipinski definition) is 1. The van der Waals surface area contributed by atoms with Crippen molar-refractivity contribution in [3.63, 3.8) is 0 Å². The van der Waals surface area contributed by atoms with Crippen LogP contribution in [0.3, 0.4) is 0 Å². The number of hydrogen-bond acceptors (Lipinski definition) is 5. The lowest BCUT2D eigenvalue weighted by Gasteiger charge is -2.18. The van der Waals surface area contributed by atoms with Gasteiger partial charge in [0.15, 0.2) is 5.82 Å². The maximum atomic E-state index is 13.9. The Kier molecular flexibility index (Phi) is 6.60. The lowest BCUT2D eigenvalue weighted by Crippen LogP contribution is -2.18. The third-order valence-corrected chi connectivity index (χ3v) is 6.08. The first-order chi connectivity index (χ1) is 14.9. The highest BCUT2D eigenvalue weighted by Crippen LogP contribution is 2.35.